The lowest BCUT2D eigenvalue weighted by atomic mass is 10.2. The van der Waals surface area contributed by atoms with Gasteiger partial charge in [-0.2, -0.15) is 4.98 Å². The van der Waals surface area contributed by atoms with Crippen molar-refractivity contribution < 1.29 is 14.4 Å². The Labute approximate surface area is 119 Å². The van der Waals surface area contributed by atoms with Crippen molar-refractivity contribution in [1.82, 2.24) is 24.7 Å². The van der Waals surface area contributed by atoms with Gasteiger partial charge in [0.05, 0.1) is 5.56 Å². The topological polar surface area (TPSA) is 106 Å². The fourth-order valence-electron chi connectivity index (χ4n) is 2.08. The number of pyridine rings is 1. The largest absolute Gasteiger partial charge is 0.481 e. The van der Waals surface area contributed by atoms with E-state index in [2.05, 4.69) is 20.3 Å². The van der Waals surface area contributed by atoms with Gasteiger partial charge in [-0.25, -0.2) is 0 Å². The highest BCUT2D eigenvalue weighted by Gasteiger charge is 2.16. The van der Waals surface area contributed by atoms with Crippen molar-refractivity contribution in [1.29, 1.82) is 0 Å². The van der Waals surface area contributed by atoms with Crippen LogP contribution in [-0.2, 0) is 17.6 Å². The summed E-state index contributed by atoms with van der Waals surface area (Å²) in [4.78, 5) is 15.1. The second kappa shape index (κ2) is 5.31. The Bertz CT molecular complexity index is 792. The van der Waals surface area contributed by atoms with Crippen LogP contribution in [0.15, 0.2) is 22.9 Å². The maximum atomic E-state index is 10.8. The van der Waals surface area contributed by atoms with Gasteiger partial charge in [-0.15, -0.1) is 10.2 Å². The van der Waals surface area contributed by atoms with Crippen LogP contribution in [0.3, 0.4) is 0 Å². The number of carbonyl (C=O) groups is 1. The summed E-state index contributed by atoms with van der Waals surface area (Å²) in [5.74, 6) is 0.392. The Balaban J connectivity index is 2.06. The lowest BCUT2D eigenvalue weighted by Gasteiger charge is -1.99. The maximum Gasteiger partial charge on any atom is 0.311 e. The normalized spacial score (nSPS) is 11.1. The molecule has 3 rings (SSSR count). The molecule has 0 bridgehead atoms. The number of rotatable bonds is 5. The Morgan fingerprint density at radius 1 is 1.43 bits per heavy atom. The number of carboxylic acids is 1. The third-order valence-corrected chi connectivity index (χ3v) is 2.99. The van der Waals surface area contributed by atoms with Crippen molar-refractivity contribution in [3.8, 4) is 11.5 Å². The molecule has 0 spiro atoms. The Morgan fingerprint density at radius 2 is 2.29 bits per heavy atom. The van der Waals surface area contributed by atoms with E-state index in [0.717, 1.165) is 12.8 Å². The summed E-state index contributed by atoms with van der Waals surface area (Å²) in [5.41, 5.74) is 1.14. The van der Waals surface area contributed by atoms with Crippen molar-refractivity contribution in [2.75, 3.05) is 0 Å². The summed E-state index contributed by atoms with van der Waals surface area (Å²) in [7, 11) is 0. The third-order valence-electron chi connectivity index (χ3n) is 2.99. The molecule has 0 aliphatic rings. The highest BCUT2D eigenvalue weighted by molar-refractivity contribution is 5.73. The van der Waals surface area contributed by atoms with Gasteiger partial charge >= 0.3 is 5.97 Å². The first kappa shape index (κ1) is 13.2. The molecule has 3 heterocycles. The van der Waals surface area contributed by atoms with Crippen molar-refractivity contribution in [2.24, 2.45) is 0 Å². The summed E-state index contributed by atoms with van der Waals surface area (Å²) in [6.45, 7) is 2.04. The molecular formula is C13H13N5O3. The summed E-state index contributed by atoms with van der Waals surface area (Å²) in [5, 5.41) is 20.7. The molecular weight excluding hydrogens is 274 g/mol. The monoisotopic (exact) mass is 287 g/mol. The molecule has 0 atom stereocenters. The molecule has 0 amide bonds. The molecule has 0 saturated carbocycles. The molecule has 8 heteroatoms. The molecule has 8 nitrogen and oxygen atoms in total. The first-order valence-corrected chi connectivity index (χ1v) is 6.56. The molecule has 1 N–H and O–H groups in total. The van der Waals surface area contributed by atoms with Crippen molar-refractivity contribution >= 4 is 11.6 Å². The van der Waals surface area contributed by atoms with Crippen LogP contribution in [-0.4, -0.2) is 35.8 Å². The zero-order valence-corrected chi connectivity index (χ0v) is 11.4. The van der Waals surface area contributed by atoms with Gasteiger partial charge in [-0.1, -0.05) is 12.1 Å². The van der Waals surface area contributed by atoms with Crippen LogP contribution in [0.1, 0.15) is 25.0 Å². The Kier molecular flexibility index (Phi) is 3.35. The van der Waals surface area contributed by atoms with E-state index in [1.54, 1.807) is 22.7 Å². The molecule has 21 heavy (non-hydrogen) atoms. The number of hydrogen-bond donors (Lipinski definition) is 1. The van der Waals surface area contributed by atoms with E-state index < -0.39 is 5.97 Å². The van der Waals surface area contributed by atoms with Crippen LogP contribution in [0.25, 0.3) is 17.1 Å². The fourth-order valence-corrected chi connectivity index (χ4v) is 2.08. The highest BCUT2D eigenvalue weighted by Crippen LogP contribution is 2.22. The summed E-state index contributed by atoms with van der Waals surface area (Å²) < 4.78 is 6.86. The first-order chi connectivity index (χ1) is 10.2. The van der Waals surface area contributed by atoms with E-state index in [1.807, 2.05) is 6.92 Å². The van der Waals surface area contributed by atoms with E-state index >= 15 is 0 Å². The lowest BCUT2D eigenvalue weighted by Crippen LogP contribution is -2.04. The Morgan fingerprint density at radius 3 is 3.05 bits per heavy atom. The van der Waals surface area contributed by atoms with Crippen LogP contribution in [0.4, 0.5) is 0 Å². The minimum Gasteiger partial charge on any atom is -0.481 e. The molecule has 3 aromatic rings. The van der Waals surface area contributed by atoms with Crippen molar-refractivity contribution in [3.63, 3.8) is 0 Å². The fraction of sp³-hybridized carbons (Fsp3) is 0.308. The number of hydrogen-bond acceptors (Lipinski definition) is 6. The number of nitrogens with zero attached hydrogens (tertiary/aromatic N) is 5. The predicted molar refractivity (Wildman–Crippen MR) is 71.6 cm³/mol. The molecule has 3 aromatic heterocycles. The average molecular weight is 287 g/mol. The van der Waals surface area contributed by atoms with E-state index in [1.165, 1.54) is 0 Å². The number of aryl methyl sites for hydroxylation is 1. The van der Waals surface area contributed by atoms with Gasteiger partial charge < -0.3 is 9.63 Å². The summed E-state index contributed by atoms with van der Waals surface area (Å²) >= 11 is 0. The van der Waals surface area contributed by atoms with Gasteiger partial charge in [0.25, 0.3) is 5.89 Å². The molecule has 0 fully saturated rings. The molecule has 0 radical (unpaired) electrons. The maximum absolute atomic E-state index is 10.8. The van der Waals surface area contributed by atoms with Crippen LogP contribution < -0.4 is 0 Å². The third kappa shape index (κ3) is 2.47. The standard InChI is InChI=1S/C13H13N5O3/c1-2-4-9-14-13(21-17-9)8-5-3-6-18-10(7-11(19)20)15-16-12(8)18/h3,5-6H,2,4,7H2,1H3,(H,19,20). The number of carboxylic acid groups (broad SMARTS) is 1. The van der Waals surface area contributed by atoms with Gasteiger partial charge in [0.2, 0.25) is 0 Å². The minimum atomic E-state index is -0.960. The first-order valence-electron chi connectivity index (χ1n) is 6.56. The number of aromatic nitrogens is 5. The predicted octanol–water partition coefficient (Wildman–Crippen LogP) is 1.36. The molecule has 0 unspecified atom stereocenters. The van der Waals surface area contributed by atoms with E-state index in [4.69, 9.17) is 9.63 Å². The second-order valence-corrected chi connectivity index (χ2v) is 4.57. The quantitative estimate of drug-likeness (QED) is 0.755. The van der Waals surface area contributed by atoms with Gasteiger partial charge in [0.1, 0.15) is 12.2 Å². The minimum absolute atomic E-state index is 0.199. The Hall–Kier alpha value is -2.77. The van der Waals surface area contributed by atoms with Crippen LogP contribution in [0.2, 0.25) is 0 Å². The van der Waals surface area contributed by atoms with Crippen LogP contribution >= 0.6 is 0 Å². The van der Waals surface area contributed by atoms with E-state index in [-0.39, 0.29) is 6.42 Å². The summed E-state index contributed by atoms with van der Waals surface area (Å²) in [6.07, 6.45) is 3.18. The number of aliphatic carboxylic acids is 1. The molecule has 0 aliphatic heterocycles. The lowest BCUT2D eigenvalue weighted by molar-refractivity contribution is -0.136. The van der Waals surface area contributed by atoms with Crippen LogP contribution in [0, 0.1) is 0 Å². The smallest absolute Gasteiger partial charge is 0.311 e. The summed E-state index contributed by atoms with van der Waals surface area (Å²) in [6, 6.07) is 3.55. The van der Waals surface area contributed by atoms with Gasteiger partial charge in [0.15, 0.2) is 11.5 Å². The number of fused-ring (bicyclic) bond motifs is 1. The SMILES string of the molecule is CCCc1noc(-c2cccn3c(CC(=O)O)nnc23)n1. The molecule has 0 saturated heterocycles. The zero-order valence-electron chi connectivity index (χ0n) is 11.4. The van der Waals surface area contributed by atoms with Crippen molar-refractivity contribution in [3.05, 3.63) is 30.0 Å². The van der Waals surface area contributed by atoms with Crippen molar-refractivity contribution in [2.45, 2.75) is 26.2 Å². The molecule has 108 valence electrons. The van der Waals surface area contributed by atoms with Crippen LogP contribution in [0.5, 0.6) is 0 Å². The second-order valence-electron chi connectivity index (χ2n) is 4.57. The highest BCUT2D eigenvalue weighted by atomic mass is 16.5. The zero-order chi connectivity index (χ0) is 14.8. The van der Waals surface area contributed by atoms with Gasteiger partial charge in [-0.05, 0) is 18.6 Å². The van der Waals surface area contributed by atoms with E-state index in [0.29, 0.717) is 28.8 Å². The van der Waals surface area contributed by atoms with E-state index in [9.17, 15) is 4.79 Å². The van der Waals surface area contributed by atoms with Gasteiger partial charge in [0, 0.05) is 12.6 Å². The average Bonchev–Trinajstić information content (AvgIpc) is 3.06. The van der Waals surface area contributed by atoms with Gasteiger partial charge in [-0.3, -0.25) is 9.20 Å². The molecule has 0 aromatic carbocycles. The molecule has 0 aliphatic carbocycles.